The largest absolute Gasteiger partial charge is 0.479 e. The van der Waals surface area contributed by atoms with E-state index in [1.54, 1.807) is 0 Å². The van der Waals surface area contributed by atoms with Crippen molar-refractivity contribution in [3.8, 4) is 11.3 Å². The number of ether oxygens (including phenoxy) is 1. The van der Waals surface area contributed by atoms with E-state index >= 15 is 0 Å². The summed E-state index contributed by atoms with van der Waals surface area (Å²) in [5, 5.41) is 14.6. The fourth-order valence-electron chi connectivity index (χ4n) is 2.95. The second-order valence-electron chi connectivity index (χ2n) is 7.43. The maximum absolute atomic E-state index is 11.3. The molecule has 6 heteroatoms. The van der Waals surface area contributed by atoms with Gasteiger partial charge in [-0.1, -0.05) is 54.9 Å². The molecule has 0 saturated carbocycles. The summed E-state index contributed by atoms with van der Waals surface area (Å²) in [7, 11) is 0. The molecule has 0 unspecified atom stereocenters. The van der Waals surface area contributed by atoms with Crippen LogP contribution in [0, 0.1) is 0 Å². The third-order valence-electron chi connectivity index (χ3n) is 4.84. The van der Waals surface area contributed by atoms with E-state index in [0.29, 0.717) is 17.3 Å². The molecule has 5 nitrogen and oxygen atoms in total. The van der Waals surface area contributed by atoms with Crippen LogP contribution in [0.25, 0.3) is 11.3 Å². The minimum atomic E-state index is -1.28. The van der Waals surface area contributed by atoms with Crippen molar-refractivity contribution in [3.63, 3.8) is 0 Å². The molecule has 0 aliphatic rings. The highest BCUT2D eigenvalue weighted by molar-refractivity contribution is 6.31. The standard InChI is InChI=1S/C23H25ClN2O3/c1-4-16-8-7-10-17(12-16)21-13-19(15-29-23(2,3)22(27)28)25-26(21)14-18-9-5-6-11-20(18)24/h5-13H,4,14-15H2,1-3H3,(H,27,28). The lowest BCUT2D eigenvalue weighted by atomic mass is 10.1. The summed E-state index contributed by atoms with van der Waals surface area (Å²) in [5.41, 5.74) is 3.57. The molecule has 3 aromatic rings. The molecule has 3 rings (SSSR count). The number of aromatic nitrogens is 2. The predicted molar refractivity (Wildman–Crippen MR) is 114 cm³/mol. The van der Waals surface area contributed by atoms with Crippen LogP contribution in [-0.4, -0.2) is 26.5 Å². The van der Waals surface area contributed by atoms with Gasteiger partial charge in [0.1, 0.15) is 0 Å². The predicted octanol–water partition coefficient (Wildman–Crippen LogP) is 5.19. The fraction of sp³-hybridized carbons (Fsp3) is 0.304. The molecule has 2 aromatic carbocycles. The van der Waals surface area contributed by atoms with Gasteiger partial charge in [-0.2, -0.15) is 5.10 Å². The summed E-state index contributed by atoms with van der Waals surface area (Å²) in [5.74, 6) is -1.01. The second-order valence-corrected chi connectivity index (χ2v) is 7.84. The molecule has 0 bridgehead atoms. The van der Waals surface area contributed by atoms with E-state index in [9.17, 15) is 9.90 Å². The molecule has 1 heterocycles. The molecule has 0 radical (unpaired) electrons. The van der Waals surface area contributed by atoms with E-state index in [-0.39, 0.29) is 6.61 Å². The second kappa shape index (κ2) is 8.80. The molecule has 0 saturated heterocycles. The van der Waals surface area contributed by atoms with Crippen molar-refractivity contribution in [3.05, 3.63) is 76.4 Å². The van der Waals surface area contributed by atoms with Crippen molar-refractivity contribution in [2.75, 3.05) is 0 Å². The number of carbonyl (C=O) groups is 1. The minimum Gasteiger partial charge on any atom is -0.479 e. The van der Waals surface area contributed by atoms with Crippen LogP contribution in [0.5, 0.6) is 0 Å². The maximum atomic E-state index is 11.3. The van der Waals surface area contributed by atoms with E-state index < -0.39 is 11.6 Å². The summed E-state index contributed by atoms with van der Waals surface area (Å²) >= 11 is 6.35. The van der Waals surface area contributed by atoms with Crippen LogP contribution in [0.2, 0.25) is 5.02 Å². The molecule has 1 N–H and O–H groups in total. The van der Waals surface area contributed by atoms with Gasteiger partial charge in [-0.3, -0.25) is 4.68 Å². The Morgan fingerprint density at radius 2 is 1.93 bits per heavy atom. The lowest BCUT2D eigenvalue weighted by Crippen LogP contribution is -2.34. The normalized spacial score (nSPS) is 11.6. The zero-order chi connectivity index (χ0) is 21.0. The Bertz CT molecular complexity index is 1010. The Morgan fingerprint density at radius 3 is 2.62 bits per heavy atom. The Labute approximate surface area is 175 Å². The SMILES string of the molecule is CCc1cccc(-c2cc(COC(C)(C)C(=O)O)nn2Cc2ccccc2Cl)c1. The van der Waals surface area contributed by atoms with Gasteiger partial charge in [0, 0.05) is 10.6 Å². The number of nitrogens with zero attached hydrogens (tertiary/aromatic N) is 2. The van der Waals surface area contributed by atoms with E-state index in [1.165, 1.54) is 19.4 Å². The van der Waals surface area contributed by atoms with Gasteiger partial charge in [0.25, 0.3) is 0 Å². The van der Waals surface area contributed by atoms with Crippen LogP contribution in [-0.2, 0) is 29.1 Å². The minimum absolute atomic E-state index is 0.106. The van der Waals surface area contributed by atoms with Crippen LogP contribution < -0.4 is 0 Å². The Morgan fingerprint density at radius 1 is 1.17 bits per heavy atom. The van der Waals surface area contributed by atoms with Crippen molar-refractivity contribution < 1.29 is 14.6 Å². The molecular formula is C23H25ClN2O3. The van der Waals surface area contributed by atoms with Crippen LogP contribution in [0.1, 0.15) is 37.6 Å². The highest BCUT2D eigenvalue weighted by atomic mass is 35.5. The van der Waals surface area contributed by atoms with Gasteiger partial charge in [-0.25, -0.2) is 4.79 Å². The summed E-state index contributed by atoms with van der Waals surface area (Å²) in [6.07, 6.45) is 0.940. The molecule has 152 valence electrons. The van der Waals surface area contributed by atoms with Gasteiger partial charge in [-0.15, -0.1) is 0 Å². The number of rotatable bonds is 8. The number of halogens is 1. The van der Waals surface area contributed by atoms with Gasteiger partial charge in [-0.05, 0) is 49.6 Å². The average Bonchev–Trinajstić information content (AvgIpc) is 3.11. The van der Waals surface area contributed by atoms with Gasteiger partial charge in [0.05, 0.1) is 24.5 Å². The zero-order valence-electron chi connectivity index (χ0n) is 16.9. The van der Waals surface area contributed by atoms with Gasteiger partial charge in [0.15, 0.2) is 5.60 Å². The monoisotopic (exact) mass is 412 g/mol. The first-order chi connectivity index (χ1) is 13.8. The molecule has 1 aromatic heterocycles. The lowest BCUT2D eigenvalue weighted by molar-refractivity contribution is -0.162. The molecule has 29 heavy (non-hydrogen) atoms. The van der Waals surface area contributed by atoms with Crippen LogP contribution in [0.4, 0.5) is 0 Å². The van der Waals surface area contributed by atoms with Crippen molar-refractivity contribution in [2.24, 2.45) is 0 Å². The van der Waals surface area contributed by atoms with E-state index in [4.69, 9.17) is 16.3 Å². The Kier molecular flexibility index (Phi) is 6.40. The first-order valence-corrected chi connectivity index (χ1v) is 9.94. The van der Waals surface area contributed by atoms with Crippen molar-refractivity contribution >= 4 is 17.6 Å². The highest BCUT2D eigenvalue weighted by Crippen LogP contribution is 2.26. The molecular weight excluding hydrogens is 388 g/mol. The summed E-state index contributed by atoms with van der Waals surface area (Å²) in [6.45, 7) is 5.79. The van der Waals surface area contributed by atoms with Gasteiger partial charge in [0.2, 0.25) is 0 Å². The maximum Gasteiger partial charge on any atom is 0.335 e. The first-order valence-electron chi connectivity index (χ1n) is 9.57. The number of aryl methyl sites for hydroxylation is 1. The lowest BCUT2D eigenvalue weighted by Gasteiger charge is -2.19. The number of hydrogen-bond acceptors (Lipinski definition) is 3. The number of benzene rings is 2. The quantitative estimate of drug-likeness (QED) is 0.552. The van der Waals surface area contributed by atoms with Gasteiger partial charge >= 0.3 is 5.97 Å². The Balaban J connectivity index is 1.96. The topological polar surface area (TPSA) is 64.3 Å². The third kappa shape index (κ3) is 5.05. The van der Waals surface area contributed by atoms with E-state index in [1.807, 2.05) is 47.1 Å². The Hall–Kier alpha value is -2.63. The van der Waals surface area contributed by atoms with E-state index in [0.717, 1.165) is 23.2 Å². The van der Waals surface area contributed by atoms with Crippen molar-refractivity contribution in [1.29, 1.82) is 0 Å². The number of carboxylic acids is 1. The van der Waals surface area contributed by atoms with Crippen LogP contribution in [0.15, 0.2) is 54.6 Å². The highest BCUT2D eigenvalue weighted by Gasteiger charge is 2.28. The van der Waals surface area contributed by atoms with Gasteiger partial charge < -0.3 is 9.84 Å². The molecule has 0 aliphatic heterocycles. The average molecular weight is 413 g/mol. The first kappa shape index (κ1) is 21.1. The van der Waals surface area contributed by atoms with Crippen molar-refractivity contribution in [1.82, 2.24) is 9.78 Å². The molecule has 0 aliphatic carbocycles. The van der Waals surface area contributed by atoms with Crippen molar-refractivity contribution in [2.45, 2.75) is 45.9 Å². The molecule has 0 atom stereocenters. The molecule has 0 fully saturated rings. The smallest absolute Gasteiger partial charge is 0.335 e. The summed E-state index contributed by atoms with van der Waals surface area (Å²) < 4.78 is 7.49. The van der Waals surface area contributed by atoms with Crippen LogP contribution in [0.3, 0.4) is 0 Å². The molecule has 0 spiro atoms. The summed E-state index contributed by atoms with van der Waals surface area (Å²) in [4.78, 5) is 11.3. The third-order valence-corrected chi connectivity index (χ3v) is 5.20. The zero-order valence-corrected chi connectivity index (χ0v) is 17.6. The fourth-order valence-corrected chi connectivity index (χ4v) is 3.14. The summed E-state index contributed by atoms with van der Waals surface area (Å²) in [6, 6.07) is 17.9. The number of aliphatic carboxylic acids is 1. The van der Waals surface area contributed by atoms with Crippen LogP contribution >= 0.6 is 11.6 Å². The number of hydrogen-bond donors (Lipinski definition) is 1. The van der Waals surface area contributed by atoms with E-state index in [2.05, 4.69) is 24.2 Å². The number of carboxylic acid groups (broad SMARTS) is 1. The molecule has 0 amide bonds.